The van der Waals surface area contributed by atoms with Crippen molar-refractivity contribution in [2.75, 3.05) is 27.4 Å². The third-order valence-electron chi connectivity index (χ3n) is 9.27. The molecule has 1 fully saturated rings. The summed E-state index contributed by atoms with van der Waals surface area (Å²) in [5, 5.41) is 8.96. The van der Waals surface area contributed by atoms with E-state index in [1.807, 2.05) is 84.9 Å². The zero-order valence-electron chi connectivity index (χ0n) is 30.4. The van der Waals surface area contributed by atoms with E-state index in [4.69, 9.17) is 33.3 Å². The lowest BCUT2D eigenvalue weighted by molar-refractivity contribution is -0.0921. The molecule has 1 saturated heterocycles. The first-order valence-corrected chi connectivity index (χ1v) is 18.5. The minimum atomic E-state index is -2.73. The Hall–Kier alpha value is -5.74. The third kappa shape index (κ3) is 8.34. The Morgan fingerprint density at radius 3 is 2.00 bits per heavy atom. The molecule has 282 valence electrons. The van der Waals surface area contributed by atoms with Crippen molar-refractivity contribution >= 4 is 14.2 Å². The maximum atomic E-state index is 14.0. The first-order chi connectivity index (χ1) is 26.7. The van der Waals surface area contributed by atoms with E-state index in [9.17, 15) is 18.9 Å². The summed E-state index contributed by atoms with van der Waals surface area (Å²) in [5.41, 5.74) is -0.373. The molecule has 0 aliphatic carbocycles. The van der Waals surface area contributed by atoms with Crippen molar-refractivity contribution in [1.29, 1.82) is 5.26 Å². The van der Waals surface area contributed by atoms with Gasteiger partial charge in [0.05, 0.1) is 33.3 Å². The average Bonchev–Trinajstić information content (AvgIpc) is 3.62. The molecule has 1 aliphatic heterocycles. The van der Waals surface area contributed by atoms with Gasteiger partial charge < -0.3 is 18.9 Å². The number of hydrogen-bond donors (Lipinski definition) is 0. The maximum absolute atomic E-state index is 14.0. The number of aryl methyl sites for hydroxylation is 1. The molecule has 1 aliphatic rings. The van der Waals surface area contributed by atoms with Gasteiger partial charge in [0, 0.05) is 28.3 Å². The molecule has 0 saturated carbocycles. The molecule has 0 N–H and O–H groups in total. The second-order valence-corrected chi connectivity index (χ2v) is 13.5. The van der Waals surface area contributed by atoms with E-state index < -0.39 is 49.4 Å². The van der Waals surface area contributed by atoms with Crippen LogP contribution >= 0.6 is 8.25 Å². The second kappa shape index (κ2) is 17.6. The Kier molecular flexibility index (Phi) is 12.5. The fourth-order valence-electron chi connectivity index (χ4n) is 6.51. The predicted octanol–water partition coefficient (Wildman–Crippen LogP) is 6.29. The van der Waals surface area contributed by atoms with Gasteiger partial charge in [0.25, 0.3) is 11.5 Å². The van der Waals surface area contributed by atoms with Crippen LogP contribution in [0.5, 0.6) is 11.5 Å². The molecule has 13 nitrogen and oxygen atoms in total. The standard InChI is InChI=1S/C41H39N3O10P/c1-28-26-43(40(47)44(38(28)45)39(46)29-11-6-4-7-12-29)37-25-35(54-55(48)52-24-10-23-42)36(53-37)27-51-41(30-13-8-5-9-14-30,31-15-19-33(49-2)20-16-31)32-17-21-34(50-3)22-18-32/h4-9,11-22,26,35-37H,10,24-25,27H2,1-3H3/q+1/t35-,36+,37+/m0/s1. The molecule has 14 heteroatoms. The quantitative estimate of drug-likeness (QED) is 0.0670. The smallest absolute Gasteiger partial charge is 0.497 e. The normalized spacial score (nSPS) is 17.0. The number of nitriles is 1. The number of methoxy groups -OCH3 is 2. The van der Waals surface area contributed by atoms with Gasteiger partial charge in [-0.05, 0) is 60.0 Å². The van der Waals surface area contributed by atoms with E-state index in [1.54, 1.807) is 32.4 Å². The number of rotatable bonds is 15. The molecule has 0 spiro atoms. The van der Waals surface area contributed by atoms with Crippen LogP contribution in [-0.2, 0) is 28.7 Å². The largest absolute Gasteiger partial charge is 0.697 e. The Labute approximate surface area is 318 Å². The van der Waals surface area contributed by atoms with Crippen LogP contribution in [0.15, 0.2) is 125 Å². The SMILES string of the molecule is COc1ccc(C(OC[C@H]2O[C@@H](n3cc(C)c(=O)n(C(=O)c4ccccc4)c3=O)C[C@@H]2O[P+](=O)OCCC#N)(c2ccccc2)c2ccc(OC)cc2)cc1. The summed E-state index contributed by atoms with van der Waals surface area (Å²) in [6.07, 6.45) is -1.70. The van der Waals surface area contributed by atoms with Crippen molar-refractivity contribution in [2.24, 2.45) is 0 Å². The molecular weight excluding hydrogens is 725 g/mol. The summed E-state index contributed by atoms with van der Waals surface area (Å²) in [4.78, 5) is 40.6. The number of nitrogens with zero attached hydrogens (tertiary/aromatic N) is 3. The van der Waals surface area contributed by atoms with E-state index in [2.05, 4.69) is 0 Å². The first kappa shape index (κ1) is 39.0. The van der Waals surface area contributed by atoms with Gasteiger partial charge in [0.2, 0.25) is 0 Å². The van der Waals surface area contributed by atoms with Crippen molar-refractivity contribution in [3.8, 4) is 17.6 Å². The molecule has 0 amide bonds. The van der Waals surface area contributed by atoms with Gasteiger partial charge in [0.15, 0.2) is 0 Å². The van der Waals surface area contributed by atoms with Crippen LogP contribution in [0.1, 0.15) is 51.7 Å². The topological polar surface area (TPSA) is 157 Å². The van der Waals surface area contributed by atoms with E-state index >= 15 is 0 Å². The average molecular weight is 765 g/mol. The molecule has 55 heavy (non-hydrogen) atoms. The fourth-order valence-corrected chi connectivity index (χ4v) is 7.26. The highest BCUT2D eigenvalue weighted by Gasteiger charge is 2.47. The second-order valence-electron chi connectivity index (χ2n) is 12.6. The highest BCUT2D eigenvalue weighted by atomic mass is 31.1. The Morgan fingerprint density at radius 2 is 1.44 bits per heavy atom. The van der Waals surface area contributed by atoms with Crippen molar-refractivity contribution in [3.05, 3.63) is 164 Å². The van der Waals surface area contributed by atoms with Crippen LogP contribution in [0.25, 0.3) is 0 Å². The maximum Gasteiger partial charge on any atom is 0.697 e. The lowest BCUT2D eigenvalue weighted by atomic mass is 9.80. The fraction of sp³-hybridized carbons (Fsp3) is 0.268. The van der Waals surface area contributed by atoms with Gasteiger partial charge in [0.1, 0.15) is 42.1 Å². The number of hydrogen-bond acceptors (Lipinski definition) is 11. The van der Waals surface area contributed by atoms with Crippen LogP contribution in [0.2, 0.25) is 0 Å². The molecule has 5 aromatic rings. The monoisotopic (exact) mass is 764 g/mol. The molecular formula is C41H39N3O10P+. The van der Waals surface area contributed by atoms with Gasteiger partial charge in [-0.3, -0.25) is 14.2 Å². The summed E-state index contributed by atoms with van der Waals surface area (Å²) in [6.45, 7) is 1.21. The Morgan fingerprint density at radius 1 is 0.873 bits per heavy atom. The number of ether oxygens (including phenoxy) is 4. The number of carbonyl (C=O) groups excluding carboxylic acids is 1. The number of benzene rings is 4. The summed E-state index contributed by atoms with van der Waals surface area (Å²) in [5.74, 6) is 0.493. The van der Waals surface area contributed by atoms with Crippen LogP contribution in [0.4, 0.5) is 0 Å². The predicted molar refractivity (Wildman–Crippen MR) is 201 cm³/mol. The van der Waals surface area contributed by atoms with Gasteiger partial charge in [-0.1, -0.05) is 72.8 Å². The van der Waals surface area contributed by atoms with Gasteiger partial charge in [-0.25, -0.2) is 4.79 Å². The minimum Gasteiger partial charge on any atom is -0.497 e. The first-order valence-electron chi connectivity index (χ1n) is 17.4. The van der Waals surface area contributed by atoms with Crippen molar-refractivity contribution < 1.29 is 37.4 Å². The zero-order chi connectivity index (χ0) is 39.0. The zero-order valence-corrected chi connectivity index (χ0v) is 31.3. The number of aromatic nitrogens is 2. The lowest BCUT2D eigenvalue weighted by Crippen LogP contribution is -2.45. The van der Waals surface area contributed by atoms with Crippen LogP contribution in [0.3, 0.4) is 0 Å². The van der Waals surface area contributed by atoms with Gasteiger partial charge in [-0.2, -0.15) is 9.83 Å². The Bertz CT molecular complexity index is 2220. The summed E-state index contributed by atoms with van der Waals surface area (Å²) in [7, 11) is 0.438. The van der Waals surface area contributed by atoms with E-state index in [0.717, 1.165) is 21.3 Å². The van der Waals surface area contributed by atoms with Crippen LogP contribution in [0, 0.1) is 18.3 Å². The molecule has 1 unspecified atom stereocenters. The molecule has 4 atom stereocenters. The van der Waals surface area contributed by atoms with Gasteiger partial charge in [-0.15, -0.1) is 9.05 Å². The molecule has 0 radical (unpaired) electrons. The Balaban J connectivity index is 1.41. The summed E-state index contributed by atoms with van der Waals surface area (Å²) in [6, 6.07) is 34.4. The van der Waals surface area contributed by atoms with Crippen molar-refractivity contribution in [2.45, 2.75) is 43.8 Å². The minimum absolute atomic E-state index is 0.00423. The molecule has 6 rings (SSSR count). The van der Waals surface area contributed by atoms with Crippen molar-refractivity contribution in [3.63, 3.8) is 0 Å². The van der Waals surface area contributed by atoms with E-state index in [1.165, 1.54) is 25.3 Å². The highest BCUT2D eigenvalue weighted by Crippen LogP contribution is 2.44. The lowest BCUT2D eigenvalue weighted by Gasteiger charge is -2.37. The molecule has 0 bridgehead atoms. The van der Waals surface area contributed by atoms with Gasteiger partial charge >= 0.3 is 13.9 Å². The molecule has 1 aromatic heterocycles. The molecule has 4 aromatic carbocycles. The van der Waals surface area contributed by atoms with E-state index in [0.29, 0.717) is 16.1 Å². The third-order valence-corrected chi connectivity index (χ3v) is 10.1. The summed E-state index contributed by atoms with van der Waals surface area (Å²) >= 11 is 0. The van der Waals surface area contributed by atoms with Crippen molar-refractivity contribution in [1.82, 2.24) is 9.13 Å². The van der Waals surface area contributed by atoms with E-state index in [-0.39, 0.29) is 37.2 Å². The summed E-state index contributed by atoms with van der Waals surface area (Å²) < 4.78 is 50.4. The number of carbonyl (C=O) groups is 1. The van der Waals surface area contributed by atoms with Crippen LogP contribution < -0.4 is 20.7 Å². The molecule has 2 heterocycles. The van der Waals surface area contributed by atoms with Crippen LogP contribution in [-0.4, -0.2) is 54.7 Å². The highest BCUT2D eigenvalue weighted by molar-refractivity contribution is 7.33.